The highest BCUT2D eigenvalue weighted by atomic mass is 32.2. The van der Waals surface area contributed by atoms with E-state index in [4.69, 9.17) is 4.74 Å². The molecule has 0 spiro atoms. The van der Waals surface area contributed by atoms with Crippen LogP contribution in [0.15, 0.2) is 53.4 Å². The van der Waals surface area contributed by atoms with Gasteiger partial charge in [-0.1, -0.05) is 36.4 Å². The molecule has 2 heteroatoms. The molecule has 0 bridgehead atoms. The first kappa shape index (κ1) is 12.1. The van der Waals surface area contributed by atoms with Gasteiger partial charge in [0.25, 0.3) is 0 Å². The van der Waals surface area contributed by atoms with Crippen LogP contribution in [0, 0.1) is 6.92 Å². The average Bonchev–Trinajstić information content (AvgIpc) is 2.39. The Morgan fingerprint density at radius 3 is 2.53 bits per heavy atom. The lowest BCUT2D eigenvalue weighted by molar-refractivity contribution is 0.410. The molecular formula is C15H16OS. The minimum absolute atomic E-state index is 0.961. The normalized spacial score (nSPS) is 10.2. The van der Waals surface area contributed by atoms with E-state index in [9.17, 15) is 0 Å². The number of hydrogen-bond donors (Lipinski definition) is 0. The van der Waals surface area contributed by atoms with Gasteiger partial charge in [-0.2, -0.15) is 0 Å². The van der Waals surface area contributed by atoms with Gasteiger partial charge in [0.2, 0.25) is 0 Å². The van der Waals surface area contributed by atoms with Crippen molar-refractivity contribution in [2.75, 3.05) is 7.11 Å². The maximum atomic E-state index is 5.32. The molecule has 0 fully saturated rings. The van der Waals surface area contributed by atoms with Crippen molar-refractivity contribution < 1.29 is 4.74 Å². The maximum Gasteiger partial charge on any atom is 0.122 e. The van der Waals surface area contributed by atoms with Gasteiger partial charge in [-0.3, -0.25) is 0 Å². The third-order valence-corrected chi connectivity index (χ3v) is 3.69. The first-order valence-electron chi connectivity index (χ1n) is 5.61. The summed E-state index contributed by atoms with van der Waals surface area (Å²) in [5, 5.41) is 0. The van der Waals surface area contributed by atoms with E-state index in [0.29, 0.717) is 0 Å². The SMILES string of the molecule is COc1cc(SCc2ccccc2)ccc1C. The maximum absolute atomic E-state index is 5.32. The second kappa shape index (κ2) is 5.78. The van der Waals surface area contributed by atoms with Gasteiger partial charge in [0.15, 0.2) is 0 Å². The van der Waals surface area contributed by atoms with E-state index in [0.717, 1.165) is 11.5 Å². The lowest BCUT2D eigenvalue weighted by Crippen LogP contribution is -1.87. The second-order valence-corrected chi connectivity index (χ2v) is 4.95. The van der Waals surface area contributed by atoms with Crippen molar-refractivity contribution in [1.82, 2.24) is 0 Å². The van der Waals surface area contributed by atoms with Crippen LogP contribution >= 0.6 is 11.8 Å². The minimum atomic E-state index is 0.961. The zero-order valence-corrected chi connectivity index (χ0v) is 11.0. The molecular weight excluding hydrogens is 228 g/mol. The van der Waals surface area contributed by atoms with Crippen molar-refractivity contribution in [2.24, 2.45) is 0 Å². The van der Waals surface area contributed by atoms with Crippen LogP contribution in [-0.4, -0.2) is 7.11 Å². The highest BCUT2D eigenvalue weighted by molar-refractivity contribution is 7.98. The van der Waals surface area contributed by atoms with E-state index >= 15 is 0 Å². The van der Waals surface area contributed by atoms with Gasteiger partial charge >= 0.3 is 0 Å². The number of thioether (sulfide) groups is 1. The lowest BCUT2D eigenvalue weighted by atomic mass is 10.2. The summed E-state index contributed by atoms with van der Waals surface area (Å²) >= 11 is 1.83. The first-order chi connectivity index (χ1) is 8.29. The summed E-state index contributed by atoms with van der Waals surface area (Å²) in [7, 11) is 1.72. The fraction of sp³-hybridized carbons (Fsp3) is 0.200. The number of aryl methyl sites for hydroxylation is 1. The molecule has 0 saturated carbocycles. The second-order valence-electron chi connectivity index (χ2n) is 3.91. The fourth-order valence-corrected chi connectivity index (χ4v) is 2.51. The number of methoxy groups -OCH3 is 1. The first-order valence-corrected chi connectivity index (χ1v) is 6.59. The number of rotatable bonds is 4. The molecule has 0 aliphatic carbocycles. The van der Waals surface area contributed by atoms with Gasteiger partial charge < -0.3 is 4.74 Å². The van der Waals surface area contributed by atoms with Gasteiger partial charge in [-0.15, -0.1) is 11.8 Å². The molecule has 0 atom stereocenters. The molecule has 0 unspecified atom stereocenters. The molecule has 0 saturated heterocycles. The summed E-state index contributed by atoms with van der Waals surface area (Å²) < 4.78 is 5.32. The molecule has 2 rings (SSSR count). The third-order valence-electron chi connectivity index (χ3n) is 2.63. The topological polar surface area (TPSA) is 9.23 Å². The van der Waals surface area contributed by atoms with Crippen molar-refractivity contribution >= 4 is 11.8 Å². The van der Waals surface area contributed by atoms with Gasteiger partial charge in [-0.25, -0.2) is 0 Å². The molecule has 17 heavy (non-hydrogen) atoms. The Morgan fingerprint density at radius 1 is 1.06 bits per heavy atom. The van der Waals surface area contributed by atoms with Gasteiger partial charge in [0, 0.05) is 10.6 Å². The Morgan fingerprint density at radius 2 is 1.82 bits per heavy atom. The molecule has 0 aliphatic rings. The van der Waals surface area contributed by atoms with E-state index in [1.807, 2.05) is 17.8 Å². The fourth-order valence-electron chi connectivity index (χ4n) is 1.63. The smallest absolute Gasteiger partial charge is 0.122 e. The van der Waals surface area contributed by atoms with Crippen LogP contribution in [0.25, 0.3) is 0 Å². The largest absolute Gasteiger partial charge is 0.496 e. The van der Waals surface area contributed by atoms with E-state index in [-0.39, 0.29) is 0 Å². The van der Waals surface area contributed by atoms with Crippen molar-refractivity contribution in [3.63, 3.8) is 0 Å². The van der Waals surface area contributed by atoms with Gasteiger partial charge in [-0.05, 0) is 30.2 Å². The van der Waals surface area contributed by atoms with E-state index in [2.05, 4.69) is 49.4 Å². The van der Waals surface area contributed by atoms with E-state index in [1.165, 1.54) is 16.0 Å². The monoisotopic (exact) mass is 244 g/mol. The molecule has 0 N–H and O–H groups in total. The third kappa shape index (κ3) is 3.27. The highest BCUT2D eigenvalue weighted by Crippen LogP contribution is 2.28. The van der Waals surface area contributed by atoms with Crippen LogP contribution in [0.5, 0.6) is 5.75 Å². The zero-order chi connectivity index (χ0) is 12.1. The van der Waals surface area contributed by atoms with Crippen LogP contribution in [0.2, 0.25) is 0 Å². The standard InChI is InChI=1S/C15H16OS/c1-12-8-9-14(10-15(12)16-2)17-11-13-6-4-3-5-7-13/h3-10H,11H2,1-2H3. The van der Waals surface area contributed by atoms with E-state index < -0.39 is 0 Å². The molecule has 0 aromatic heterocycles. The lowest BCUT2D eigenvalue weighted by Gasteiger charge is -2.07. The summed E-state index contributed by atoms with van der Waals surface area (Å²) in [5.74, 6) is 1.95. The van der Waals surface area contributed by atoms with Crippen molar-refractivity contribution in [1.29, 1.82) is 0 Å². The summed E-state index contributed by atoms with van der Waals surface area (Å²) in [6.45, 7) is 2.06. The van der Waals surface area contributed by atoms with E-state index in [1.54, 1.807) is 7.11 Å². The predicted molar refractivity (Wildman–Crippen MR) is 73.7 cm³/mol. The Labute approximate surface area is 107 Å². The molecule has 88 valence electrons. The van der Waals surface area contributed by atoms with Crippen LogP contribution in [0.3, 0.4) is 0 Å². The predicted octanol–water partition coefficient (Wildman–Crippen LogP) is 4.30. The molecule has 0 heterocycles. The molecule has 0 radical (unpaired) electrons. The zero-order valence-electron chi connectivity index (χ0n) is 10.1. The van der Waals surface area contributed by atoms with Crippen molar-refractivity contribution in [3.8, 4) is 5.75 Å². The molecule has 0 aliphatic heterocycles. The molecule has 1 nitrogen and oxygen atoms in total. The molecule has 2 aromatic carbocycles. The highest BCUT2D eigenvalue weighted by Gasteiger charge is 2.01. The van der Waals surface area contributed by atoms with Gasteiger partial charge in [0.05, 0.1) is 7.11 Å². The van der Waals surface area contributed by atoms with Crippen LogP contribution in [-0.2, 0) is 5.75 Å². The van der Waals surface area contributed by atoms with Crippen LogP contribution < -0.4 is 4.74 Å². The van der Waals surface area contributed by atoms with Crippen LogP contribution in [0.1, 0.15) is 11.1 Å². The van der Waals surface area contributed by atoms with Gasteiger partial charge in [0.1, 0.15) is 5.75 Å². The Bertz CT molecular complexity index is 480. The summed E-state index contributed by atoms with van der Waals surface area (Å²) in [6.07, 6.45) is 0. The van der Waals surface area contributed by atoms with Crippen LogP contribution in [0.4, 0.5) is 0 Å². The summed E-state index contributed by atoms with van der Waals surface area (Å²) in [4.78, 5) is 1.25. The molecule has 0 amide bonds. The number of ether oxygens (including phenoxy) is 1. The summed E-state index contributed by atoms with van der Waals surface area (Å²) in [5.41, 5.74) is 2.52. The van der Waals surface area contributed by atoms with Crippen molar-refractivity contribution in [3.05, 3.63) is 59.7 Å². The number of hydrogen-bond acceptors (Lipinski definition) is 2. The number of benzene rings is 2. The minimum Gasteiger partial charge on any atom is -0.496 e. The summed E-state index contributed by atoms with van der Waals surface area (Å²) in [6, 6.07) is 16.8. The van der Waals surface area contributed by atoms with Crippen molar-refractivity contribution in [2.45, 2.75) is 17.6 Å². The Hall–Kier alpha value is -1.41. The quantitative estimate of drug-likeness (QED) is 0.742. The Kier molecular flexibility index (Phi) is 4.10. The molecule has 2 aromatic rings. The average molecular weight is 244 g/mol. The Balaban J connectivity index is 2.04.